The van der Waals surface area contributed by atoms with Gasteiger partial charge in [-0.05, 0) is 56.2 Å². The standard InChI is InChI=1S/C18H22ClNO5S/c1-4-24-18(21)7-8-20(12-15-6-5-9-25-15)26(22,23)17-11-13(2)16(19)10-14(17)3/h5-6,9-11H,4,7-8,12H2,1-3H3. The van der Waals surface area contributed by atoms with Crippen molar-refractivity contribution in [2.45, 2.75) is 38.6 Å². The highest BCUT2D eigenvalue weighted by Crippen LogP contribution is 2.27. The molecular weight excluding hydrogens is 378 g/mol. The molecule has 1 aromatic heterocycles. The van der Waals surface area contributed by atoms with E-state index in [4.69, 9.17) is 20.8 Å². The van der Waals surface area contributed by atoms with E-state index < -0.39 is 16.0 Å². The molecule has 0 unspecified atom stereocenters. The fraction of sp³-hybridized carbons (Fsp3) is 0.389. The quantitative estimate of drug-likeness (QED) is 0.632. The van der Waals surface area contributed by atoms with Crippen molar-refractivity contribution in [3.05, 3.63) is 52.4 Å². The van der Waals surface area contributed by atoms with Crippen LogP contribution in [0.15, 0.2) is 39.8 Å². The molecule has 0 aliphatic rings. The summed E-state index contributed by atoms with van der Waals surface area (Å²) in [5.74, 6) is 0.0388. The molecule has 0 fully saturated rings. The van der Waals surface area contributed by atoms with Crippen LogP contribution in [0.2, 0.25) is 5.02 Å². The largest absolute Gasteiger partial charge is 0.468 e. The van der Waals surface area contributed by atoms with Gasteiger partial charge in [0, 0.05) is 11.6 Å². The summed E-state index contributed by atoms with van der Waals surface area (Å²) in [5, 5.41) is 0.505. The van der Waals surface area contributed by atoms with Crippen LogP contribution in [0, 0.1) is 13.8 Å². The molecule has 1 aromatic carbocycles. The van der Waals surface area contributed by atoms with E-state index in [9.17, 15) is 13.2 Å². The minimum atomic E-state index is -3.85. The van der Waals surface area contributed by atoms with Gasteiger partial charge in [-0.25, -0.2) is 8.42 Å². The lowest BCUT2D eigenvalue weighted by molar-refractivity contribution is -0.143. The van der Waals surface area contributed by atoms with E-state index in [1.807, 2.05) is 0 Å². The molecule has 8 heteroatoms. The normalized spacial score (nSPS) is 11.7. The first kappa shape index (κ1) is 20.5. The summed E-state index contributed by atoms with van der Waals surface area (Å²) in [7, 11) is -3.85. The number of benzene rings is 1. The smallest absolute Gasteiger partial charge is 0.307 e. The van der Waals surface area contributed by atoms with Crippen LogP contribution in [0.5, 0.6) is 0 Å². The van der Waals surface area contributed by atoms with Gasteiger partial charge in [0.15, 0.2) is 0 Å². The number of hydrogen-bond donors (Lipinski definition) is 0. The molecular formula is C18H22ClNO5S. The lowest BCUT2D eigenvalue weighted by atomic mass is 10.2. The summed E-state index contributed by atoms with van der Waals surface area (Å²) in [6.07, 6.45) is 1.43. The Kier molecular flexibility index (Phi) is 6.86. The Labute approximate surface area is 158 Å². The molecule has 6 nitrogen and oxygen atoms in total. The van der Waals surface area contributed by atoms with E-state index in [0.29, 0.717) is 21.9 Å². The molecule has 1 heterocycles. The third-order valence-electron chi connectivity index (χ3n) is 3.86. The van der Waals surface area contributed by atoms with Crippen LogP contribution in [0.4, 0.5) is 0 Å². The average molecular weight is 400 g/mol. The monoisotopic (exact) mass is 399 g/mol. The third-order valence-corrected chi connectivity index (χ3v) is 6.25. The van der Waals surface area contributed by atoms with Gasteiger partial charge in [-0.2, -0.15) is 4.31 Å². The van der Waals surface area contributed by atoms with E-state index in [1.165, 1.54) is 10.6 Å². The molecule has 0 aliphatic carbocycles. The molecule has 0 bridgehead atoms. The lowest BCUT2D eigenvalue weighted by Gasteiger charge is -2.22. The van der Waals surface area contributed by atoms with Gasteiger partial charge in [-0.1, -0.05) is 11.6 Å². The highest BCUT2D eigenvalue weighted by molar-refractivity contribution is 7.89. The van der Waals surface area contributed by atoms with Crippen molar-refractivity contribution in [3.63, 3.8) is 0 Å². The number of furan rings is 1. The Hall–Kier alpha value is -1.83. The molecule has 0 spiro atoms. The number of aryl methyl sites for hydroxylation is 2. The number of carbonyl (C=O) groups is 1. The topological polar surface area (TPSA) is 76.8 Å². The second-order valence-corrected chi connectivity index (χ2v) is 8.15. The molecule has 0 saturated carbocycles. The fourth-order valence-corrected chi connectivity index (χ4v) is 4.40. The Balaban J connectivity index is 2.35. The first-order chi connectivity index (χ1) is 12.3. The highest BCUT2D eigenvalue weighted by atomic mass is 35.5. The van der Waals surface area contributed by atoms with E-state index in [1.54, 1.807) is 45.0 Å². The molecule has 2 rings (SSSR count). The van der Waals surface area contributed by atoms with Gasteiger partial charge in [-0.15, -0.1) is 0 Å². The molecule has 0 atom stereocenters. The zero-order valence-electron chi connectivity index (χ0n) is 15.0. The molecule has 0 radical (unpaired) electrons. The number of nitrogens with zero attached hydrogens (tertiary/aromatic N) is 1. The van der Waals surface area contributed by atoms with Gasteiger partial charge >= 0.3 is 5.97 Å². The number of hydrogen-bond acceptors (Lipinski definition) is 5. The Morgan fingerprint density at radius 3 is 2.62 bits per heavy atom. The maximum Gasteiger partial charge on any atom is 0.307 e. The van der Waals surface area contributed by atoms with Gasteiger partial charge in [0.2, 0.25) is 10.0 Å². The molecule has 0 N–H and O–H groups in total. The lowest BCUT2D eigenvalue weighted by Crippen LogP contribution is -2.33. The number of carbonyl (C=O) groups excluding carboxylic acids is 1. The van der Waals surface area contributed by atoms with Crippen LogP contribution >= 0.6 is 11.6 Å². The van der Waals surface area contributed by atoms with Gasteiger partial charge in [0.25, 0.3) is 0 Å². The maximum atomic E-state index is 13.2. The summed E-state index contributed by atoms with van der Waals surface area (Å²) in [6, 6.07) is 6.54. The van der Waals surface area contributed by atoms with Crippen molar-refractivity contribution in [3.8, 4) is 0 Å². The zero-order chi connectivity index (χ0) is 19.3. The van der Waals surface area contributed by atoms with Crippen molar-refractivity contribution in [2.24, 2.45) is 0 Å². The molecule has 26 heavy (non-hydrogen) atoms. The minimum absolute atomic E-state index is 0.0109. The SMILES string of the molecule is CCOC(=O)CCN(Cc1ccco1)S(=O)(=O)c1cc(C)c(Cl)cc1C. The Bertz CT molecular complexity index is 862. The number of esters is 1. The van der Waals surface area contributed by atoms with Gasteiger partial charge in [-0.3, -0.25) is 4.79 Å². The van der Waals surface area contributed by atoms with Crippen molar-refractivity contribution >= 4 is 27.6 Å². The van der Waals surface area contributed by atoms with Crippen LogP contribution in [0.1, 0.15) is 30.2 Å². The molecule has 142 valence electrons. The van der Waals surface area contributed by atoms with E-state index in [-0.39, 0.29) is 31.0 Å². The summed E-state index contributed by atoms with van der Waals surface area (Å²) >= 11 is 6.08. The van der Waals surface area contributed by atoms with Gasteiger partial charge in [0.1, 0.15) is 5.76 Å². The fourth-order valence-electron chi connectivity index (χ4n) is 2.48. The van der Waals surface area contributed by atoms with Gasteiger partial charge in [0.05, 0.1) is 30.7 Å². The van der Waals surface area contributed by atoms with Crippen molar-refractivity contribution in [1.29, 1.82) is 0 Å². The summed E-state index contributed by atoms with van der Waals surface area (Å²) < 4.78 is 37.8. The van der Waals surface area contributed by atoms with Crippen LogP contribution in [0.3, 0.4) is 0 Å². The van der Waals surface area contributed by atoms with Gasteiger partial charge < -0.3 is 9.15 Å². The van der Waals surface area contributed by atoms with E-state index >= 15 is 0 Å². The Morgan fingerprint density at radius 2 is 2.00 bits per heavy atom. The summed E-state index contributed by atoms with van der Waals surface area (Å²) in [4.78, 5) is 11.9. The van der Waals surface area contributed by atoms with Crippen LogP contribution < -0.4 is 0 Å². The second kappa shape index (κ2) is 8.70. The first-order valence-electron chi connectivity index (χ1n) is 8.20. The maximum absolute atomic E-state index is 13.2. The average Bonchev–Trinajstić information content (AvgIpc) is 3.08. The van der Waals surface area contributed by atoms with E-state index in [0.717, 1.165) is 0 Å². The molecule has 0 aliphatic heterocycles. The second-order valence-electron chi connectivity index (χ2n) is 5.84. The zero-order valence-corrected chi connectivity index (χ0v) is 16.6. The number of sulfonamides is 1. The molecule has 2 aromatic rings. The van der Waals surface area contributed by atoms with Crippen molar-refractivity contribution in [2.75, 3.05) is 13.2 Å². The molecule has 0 saturated heterocycles. The first-order valence-corrected chi connectivity index (χ1v) is 10.0. The summed E-state index contributed by atoms with van der Waals surface area (Å²) in [6.45, 7) is 5.40. The number of halogens is 1. The van der Waals surface area contributed by atoms with Crippen molar-refractivity contribution in [1.82, 2.24) is 4.31 Å². The van der Waals surface area contributed by atoms with Crippen LogP contribution in [-0.4, -0.2) is 31.8 Å². The van der Waals surface area contributed by atoms with Crippen molar-refractivity contribution < 1.29 is 22.4 Å². The predicted molar refractivity (Wildman–Crippen MR) is 98.5 cm³/mol. The van der Waals surface area contributed by atoms with E-state index in [2.05, 4.69) is 0 Å². The number of rotatable bonds is 8. The Morgan fingerprint density at radius 1 is 1.27 bits per heavy atom. The highest BCUT2D eigenvalue weighted by Gasteiger charge is 2.28. The molecule has 0 amide bonds. The number of ether oxygens (including phenoxy) is 1. The minimum Gasteiger partial charge on any atom is -0.468 e. The predicted octanol–water partition coefficient (Wildman–Crippen LogP) is 3.69. The van der Waals surface area contributed by atoms with Crippen LogP contribution in [-0.2, 0) is 26.1 Å². The summed E-state index contributed by atoms with van der Waals surface area (Å²) in [5.41, 5.74) is 1.21. The van der Waals surface area contributed by atoms with Crippen LogP contribution in [0.25, 0.3) is 0 Å². The third kappa shape index (κ3) is 4.87.